The number of hydrogen-bond donors (Lipinski definition) is 1. The van der Waals surface area contributed by atoms with E-state index >= 15 is 0 Å². The Morgan fingerprint density at radius 3 is 1.97 bits per heavy atom. The monoisotopic (exact) mass is 436 g/mol. The van der Waals surface area contributed by atoms with Crippen LogP contribution in [0.4, 0.5) is 0 Å². The van der Waals surface area contributed by atoms with Crippen molar-refractivity contribution in [2.24, 2.45) is 0 Å². The lowest BCUT2D eigenvalue weighted by Crippen LogP contribution is -2.47. The van der Waals surface area contributed by atoms with Crippen LogP contribution < -0.4 is 5.69 Å². The Labute approximate surface area is 194 Å². The van der Waals surface area contributed by atoms with Crippen molar-refractivity contribution in [3.8, 4) is 11.8 Å². The van der Waals surface area contributed by atoms with Crippen molar-refractivity contribution in [2.75, 3.05) is 32.7 Å². The number of para-hydroxylation sites is 2. The van der Waals surface area contributed by atoms with Gasteiger partial charge in [-0.1, -0.05) is 84.6 Å². The Balaban J connectivity index is 1.21. The molecule has 1 fully saturated rings. The number of nitrogens with zero attached hydrogens (tertiary/aromatic N) is 3. The SMILES string of the molecule is O=c1[nH]c2ccccc2n1CC#CCN1CCN(C(c2ccccc2)c2ccccc2)CC1. The molecule has 0 amide bonds. The van der Waals surface area contributed by atoms with Crippen molar-refractivity contribution in [1.29, 1.82) is 0 Å². The molecule has 0 radical (unpaired) electrons. The molecule has 5 rings (SSSR count). The molecule has 0 bridgehead atoms. The third kappa shape index (κ3) is 4.78. The highest BCUT2D eigenvalue weighted by atomic mass is 16.1. The van der Waals surface area contributed by atoms with Gasteiger partial charge >= 0.3 is 5.69 Å². The summed E-state index contributed by atoms with van der Waals surface area (Å²) in [5.74, 6) is 6.47. The third-order valence-corrected chi connectivity index (χ3v) is 6.35. The van der Waals surface area contributed by atoms with E-state index in [0.29, 0.717) is 6.54 Å². The molecule has 1 aliphatic heterocycles. The Hall–Kier alpha value is -3.59. The van der Waals surface area contributed by atoms with E-state index in [1.165, 1.54) is 11.1 Å². The summed E-state index contributed by atoms with van der Waals surface area (Å²) in [6.07, 6.45) is 0. The lowest BCUT2D eigenvalue weighted by molar-refractivity contribution is 0.119. The fraction of sp³-hybridized carbons (Fsp3) is 0.250. The molecule has 166 valence electrons. The lowest BCUT2D eigenvalue weighted by atomic mass is 9.96. The average Bonchev–Trinajstić information content (AvgIpc) is 3.19. The average molecular weight is 437 g/mol. The van der Waals surface area contributed by atoms with Crippen molar-refractivity contribution >= 4 is 11.0 Å². The van der Waals surface area contributed by atoms with Gasteiger partial charge in [0, 0.05) is 26.2 Å². The molecule has 1 aliphatic rings. The van der Waals surface area contributed by atoms with Crippen LogP contribution in [-0.2, 0) is 6.54 Å². The minimum absolute atomic E-state index is 0.105. The number of piperazine rings is 1. The molecule has 2 heterocycles. The van der Waals surface area contributed by atoms with Gasteiger partial charge in [-0.25, -0.2) is 4.79 Å². The predicted octanol–water partition coefficient (Wildman–Crippen LogP) is 3.74. The maximum Gasteiger partial charge on any atom is 0.327 e. The van der Waals surface area contributed by atoms with Crippen LogP contribution in [0.25, 0.3) is 11.0 Å². The fourth-order valence-electron chi connectivity index (χ4n) is 4.63. The predicted molar refractivity (Wildman–Crippen MR) is 133 cm³/mol. The first kappa shape index (κ1) is 21.3. The molecule has 33 heavy (non-hydrogen) atoms. The van der Waals surface area contributed by atoms with Gasteiger partial charge in [0.15, 0.2) is 0 Å². The molecular weight excluding hydrogens is 408 g/mol. The number of hydrogen-bond acceptors (Lipinski definition) is 3. The number of imidazole rings is 1. The van der Waals surface area contributed by atoms with Gasteiger partial charge in [0.05, 0.1) is 30.2 Å². The minimum atomic E-state index is -0.105. The topological polar surface area (TPSA) is 44.3 Å². The van der Waals surface area contributed by atoms with E-state index in [-0.39, 0.29) is 11.7 Å². The first-order chi connectivity index (χ1) is 16.3. The number of aromatic amines is 1. The Morgan fingerprint density at radius 1 is 0.727 bits per heavy atom. The first-order valence-corrected chi connectivity index (χ1v) is 11.5. The number of aromatic nitrogens is 2. The second-order valence-corrected chi connectivity index (χ2v) is 8.42. The summed E-state index contributed by atoms with van der Waals surface area (Å²) in [5.41, 5.74) is 4.32. The van der Waals surface area contributed by atoms with Crippen LogP contribution in [0.2, 0.25) is 0 Å². The molecule has 0 atom stereocenters. The van der Waals surface area contributed by atoms with Gasteiger partial charge in [0.1, 0.15) is 0 Å². The van der Waals surface area contributed by atoms with E-state index in [9.17, 15) is 4.79 Å². The first-order valence-electron chi connectivity index (χ1n) is 11.5. The molecule has 4 aromatic rings. The van der Waals surface area contributed by atoms with Crippen molar-refractivity contribution in [3.05, 3.63) is 107 Å². The second-order valence-electron chi connectivity index (χ2n) is 8.42. The maximum atomic E-state index is 12.2. The summed E-state index contributed by atoms with van der Waals surface area (Å²) in [6.45, 7) is 5.10. The van der Waals surface area contributed by atoms with Crippen molar-refractivity contribution in [3.63, 3.8) is 0 Å². The zero-order valence-electron chi connectivity index (χ0n) is 18.7. The highest BCUT2D eigenvalue weighted by molar-refractivity contribution is 5.74. The largest absolute Gasteiger partial charge is 0.327 e. The summed E-state index contributed by atoms with van der Waals surface area (Å²) in [7, 11) is 0. The van der Waals surface area contributed by atoms with Crippen LogP contribution in [0.1, 0.15) is 17.2 Å². The van der Waals surface area contributed by atoms with Gasteiger partial charge in [0.2, 0.25) is 0 Å². The molecular formula is C28H28N4O. The summed E-state index contributed by atoms with van der Waals surface area (Å²) in [5, 5.41) is 0. The van der Waals surface area contributed by atoms with E-state index in [2.05, 4.69) is 87.3 Å². The number of nitrogens with one attached hydrogen (secondary N) is 1. The van der Waals surface area contributed by atoms with Gasteiger partial charge < -0.3 is 4.98 Å². The second kappa shape index (κ2) is 9.91. The van der Waals surface area contributed by atoms with E-state index in [0.717, 1.165) is 43.8 Å². The van der Waals surface area contributed by atoms with Crippen LogP contribution in [0.15, 0.2) is 89.7 Å². The zero-order chi connectivity index (χ0) is 22.5. The Morgan fingerprint density at radius 2 is 1.30 bits per heavy atom. The summed E-state index contributed by atoms with van der Waals surface area (Å²) < 4.78 is 1.70. The summed E-state index contributed by atoms with van der Waals surface area (Å²) in [4.78, 5) is 20.0. The van der Waals surface area contributed by atoms with Crippen LogP contribution >= 0.6 is 0 Å². The van der Waals surface area contributed by atoms with Crippen LogP contribution in [0, 0.1) is 11.8 Å². The van der Waals surface area contributed by atoms with E-state index in [4.69, 9.17) is 0 Å². The number of fused-ring (bicyclic) bond motifs is 1. The van der Waals surface area contributed by atoms with Crippen molar-refractivity contribution in [1.82, 2.24) is 19.4 Å². The molecule has 1 N–H and O–H groups in total. The standard InChI is InChI=1S/C28H28N4O/c33-28-29-25-15-7-8-16-26(25)32(28)18-10-9-17-30-19-21-31(22-20-30)27(23-11-3-1-4-12-23)24-13-5-2-6-14-24/h1-8,11-16,27H,17-22H2,(H,29,33). The molecule has 0 saturated carbocycles. The highest BCUT2D eigenvalue weighted by Gasteiger charge is 2.25. The van der Waals surface area contributed by atoms with Crippen LogP contribution in [-0.4, -0.2) is 52.1 Å². The molecule has 5 nitrogen and oxygen atoms in total. The zero-order valence-corrected chi connectivity index (χ0v) is 18.7. The lowest BCUT2D eigenvalue weighted by Gasteiger charge is -2.39. The normalized spacial score (nSPS) is 14.9. The molecule has 1 aromatic heterocycles. The van der Waals surface area contributed by atoms with Crippen molar-refractivity contribution in [2.45, 2.75) is 12.6 Å². The molecule has 3 aromatic carbocycles. The maximum absolute atomic E-state index is 12.2. The molecule has 0 spiro atoms. The van der Waals surface area contributed by atoms with Gasteiger partial charge in [-0.3, -0.25) is 14.4 Å². The van der Waals surface area contributed by atoms with Gasteiger partial charge in [-0.2, -0.15) is 0 Å². The number of H-pyrrole nitrogens is 1. The van der Waals surface area contributed by atoms with Crippen LogP contribution in [0.3, 0.4) is 0 Å². The minimum Gasteiger partial charge on any atom is -0.306 e. The van der Waals surface area contributed by atoms with E-state index < -0.39 is 0 Å². The van der Waals surface area contributed by atoms with E-state index in [1.54, 1.807) is 4.57 Å². The number of benzene rings is 3. The summed E-state index contributed by atoms with van der Waals surface area (Å²) >= 11 is 0. The van der Waals surface area contributed by atoms with Gasteiger partial charge in [-0.15, -0.1) is 0 Å². The fourth-order valence-corrected chi connectivity index (χ4v) is 4.63. The molecule has 0 aliphatic carbocycles. The van der Waals surface area contributed by atoms with Crippen LogP contribution in [0.5, 0.6) is 0 Å². The Bertz CT molecular complexity index is 1270. The quantitative estimate of drug-likeness (QED) is 0.485. The third-order valence-electron chi connectivity index (χ3n) is 6.35. The highest BCUT2D eigenvalue weighted by Crippen LogP contribution is 2.29. The van der Waals surface area contributed by atoms with Gasteiger partial charge in [-0.05, 0) is 23.3 Å². The van der Waals surface area contributed by atoms with Gasteiger partial charge in [0.25, 0.3) is 0 Å². The smallest absolute Gasteiger partial charge is 0.306 e. The molecule has 1 saturated heterocycles. The number of rotatable bonds is 5. The molecule has 0 unspecified atom stereocenters. The van der Waals surface area contributed by atoms with E-state index in [1.807, 2.05) is 24.3 Å². The molecule has 5 heteroatoms. The summed E-state index contributed by atoms with van der Waals surface area (Å²) in [6, 6.07) is 29.5. The van der Waals surface area contributed by atoms with Crippen molar-refractivity contribution < 1.29 is 0 Å². The Kier molecular flexibility index (Phi) is 6.39.